The molecule has 34 heavy (non-hydrogen) atoms. The minimum absolute atomic E-state index is 0.114. The molecular formula is C28H48N4O2. The molecule has 6 heteroatoms. The first-order chi connectivity index (χ1) is 16.2. The zero-order valence-electron chi connectivity index (χ0n) is 22.5. The van der Waals surface area contributed by atoms with Gasteiger partial charge in [-0.3, -0.25) is 19.4 Å². The van der Waals surface area contributed by atoms with Crippen LogP contribution in [-0.4, -0.2) is 60.6 Å². The van der Waals surface area contributed by atoms with Gasteiger partial charge >= 0.3 is 0 Å². The topological polar surface area (TPSA) is 62.0 Å². The quantitative estimate of drug-likeness (QED) is 0.506. The fourth-order valence-corrected chi connectivity index (χ4v) is 5.75. The molecule has 2 heterocycles. The first kappa shape index (κ1) is 27.0. The van der Waals surface area contributed by atoms with E-state index in [0.717, 1.165) is 37.8 Å². The highest BCUT2D eigenvalue weighted by Gasteiger charge is 2.37. The number of rotatable bonds is 11. The van der Waals surface area contributed by atoms with Crippen LogP contribution in [-0.2, 0) is 21.6 Å². The van der Waals surface area contributed by atoms with Crippen molar-refractivity contribution in [1.29, 1.82) is 0 Å². The van der Waals surface area contributed by atoms with Crippen LogP contribution < -0.4 is 10.8 Å². The molecule has 0 radical (unpaired) electrons. The van der Waals surface area contributed by atoms with Gasteiger partial charge in [-0.15, -0.1) is 0 Å². The number of hydrogen-bond acceptors (Lipinski definition) is 5. The summed E-state index contributed by atoms with van der Waals surface area (Å²) in [7, 11) is 0. The normalized spacial score (nSPS) is 22.1. The number of carbonyl (C=O) groups excluding carboxylic acids is 1. The van der Waals surface area contributed by atoms with E-state index in [0.29, 0.717) is 19.1 Å². The van der Waals surface area contributed by atoms with Gasteiger partial charge < -0.3 is 5.73 Å². The number of hydroxylamine groups is 1. The van der Waals surface area contributed by atoms with Crippen molar-refractivity contribution in [1.82, 2.24) is 9.80 Å². The van der Waals surface area contributed by atoms with Crippen LogP contribution in [0.3, 0.4) is 0 Å². The second-order valence-electron chi connectivity index (χ2n) is 11.2. The molecule has 0 bridgehead atoms. The summed E-state index contributed by atoms with van der Waals surface area (Å²) in [4.78, 5) is 23.4. The molecule has 2 unspecified atom stereocenters. The fraction of sp³-hybridized carbons (Fsp3) is 0.750. The van der Waals surface area contributed by atoms with Gasteiger partial charge in [0.2, 0.25) is 5.91 Å². The van der Waals surface area contributed by atoms with Gasteiger partial charge in [-0.25, -0.2) is 5.06 Å². The van der Waals surface area contributed by atoms with Crippen molar-refractivity contribution in [3.8, 4) is 0 Å². The lowest BCUT2D eigenvalue weighted by Gasteiger charge is -2.43. The maximum absolute atomic E-state index is 12.0. The highest BCUT2D eigenvalue weighted by atomic mass is 16.7. The Kier molecular flexibility index (Phi) is 9.41. The lowest BCUT2D eigenvalue weighted by molar-refractivity contribution is -0.122. The van der Waals surface area contributed by atoms with Crippen LogP contribution in [0.2, 0.25) is 0 Å². The number of benzene rings is 1. The summed E-state index contributed by atoms with van der Waals surface area (Å²) in [5, 5.41) is 1.75. The van der Waals surface area contributed by atoms with Gasteiger partial charge in [-0.05, 0) is 49.3 Å². The summed E-state index contributed by atoms with van der Waals surface area (Å²) in [5.41, 5.74) is 9.10. The largest absolute Gasteiger partial charge is 0.368 e. The fourth-order valence-electron chi connectivity index (χ4n) is 5.75. The third kappa shape index (κ3) is 6.32. The lowest BCUT2D eigenvalue weighted by Crippen LogP contribution is -2.52. The van der Waals surface area contributed by atoms with Crippen LogP contribution >= 0.6 is 0 Å². The Balaban J connectivity index is 1.69. The molecule has 3 rings (SSSR count). The van der Waals surface area contributed by atoms with Crippen molar-refractivity contribution in [3.63, 3.8) is 0 Å². The van der Waals surface area contributed by atoms with Crippen molar-refractivity contribution in [2.45, 2.75) is 97.7 Å². The van der Waals surface area contributed by atoms with Crippen LogP contribution in [0.25, 0.3) is 0 Å². The van der Waals surface area contributed by atoms with Gasteiger partial charge in [0.05, 0.1) is 12.3 Å². The minimum atomic E-state index is -0.445. The second-order valence-corrected chi connectivity index (χ2v) is 11.2. The lowest BCUT2D eigenvalue weighted by atomic mass is 9.82. The highest BCUT2D eigenvalue weighted by molar-refractivity contribution is 5.83. The highest BCUT2D eigenvalue weighted by Crippen LogP contribution is 2.39. The summed E-state index contributed by atoms with van der Waals surface area (Å²) in [6.45, 7) is 19.5. The molecule has 6 nitrogen and oxygen atoms in total. The zero-order valence-corrected chi connectivity index (χ0v) is 22.5. The average Bonchev–Trinajstić information content (AvgIpc) is 2.78. The van der Waals surface area contributed by atoms with E-state index in [9.17, 15) is 4.79 Å². The minimum Gasteiger partial charge on any atom is -0.368 e. The van der Waals surface area contributed by atoms with Crippen molar-refractivity contribution in [3.05, 3.63) is 29.3 Å². The molecule has 2 aliphatic rings. The van der Waals surface area contributed by atoms with Crippen molar-refractivity contribution >= 4 is 11.6 Å². The summed E-state index contributed by atoms with van der Waals surface area (Å²) in [6, 6.07) is 6.79. The molecule has 1 aromatic carbocycles. The Morgan fingerprint density at radius 1 is 1.18 bits per heavy atom. The standard InChI is InChI=1S/C28H48N4O2/c1-7-10-22(11-8-2)19-31-15-14-30(17-21(31)4)18-23-12-13-26-24(16-23)28(5,6)20-34-32(26)25(9-3)27(29)33/h12-13,16,21-22,25H,7-11,14-15,17-20H2,1-6H3,(H2,29,33). The second kappa shape index (κ2) is 11.9. The number of primary amides is 1. The zero-order chi connectivity index (χ0) is 24.9. The first-order valence-electron chi connectivity index (χ1n) is 13.5. The Morgan fingerprint density at radius 2 is 1.88 bits per heavy atom. The maximum atomic E-state index is 12.0. The molecule has 0 aliphatic carbocycles. The Labute approximate surface area is 207 Å². The smallest absolute Gasteiger partial charge is 0.242 e. The van der Waals surface area contributed by atoms with E-state index >= 15 is 0 Å². The molecular weight excluding hydrogens is 424 g/mol. The first-order valence-corrected chi connectivity index (χ1v) is 13.5. The number of carbonyl (C=O) groups is 1. The third-order valence-corrected chi connectivity index (χ3v) is 7.73. The molecule has 0 spiro atoms. The van der Waals surface area contributed by atoms with E-state index < -0.39 is 6.04 Å². The van der Waals surface area contributed by atoms with Gasteiger partial charge in [0, 0.05) is 44.2 Å². The van der Waals surface area contributed by atoms with Crippen molar-refractivity contribution in [2.24, 2.45) is 11.7 Å². The van der Waals surface area contributed by atoms with E-state index in [4.69, 9.17) is 10.6 Å². The molecule has 0 saturated carbocycles. The van der Waals surface area contributed by atoms with Gasteiger partial charge in [0.25, 0.3) is 0 Å². The average molecular weight is 473 g/mol. The molecule has 0 aromatic heterocycles. The van der Waals surface area contributed by atoms with Crippen LogP contribution in [0.1, 0.15) is 84.8 Å². The monoisotopic (exact) mass is 472 g/mol. The Morgan fingerprint density at radius 3 is 2.47 bits per heavy atom. The van der Waals surface area contributed by atoms with E-state index in [2.05, 4.69) is 62.6 Å². The Hall–Kier alpha value is -1.63. The number of nitrogens with zero attached hydrogens (tertiary/aromatic N) is 3. The van der Waals surface area contributed by atoms with Crippen LogP contribution in [0.15, 0.2) is 18.2 Å². The van der Waals surface area contributed by atoms with Gasteiger partial charge in [-0.1, -0.05) is 59.6 Å². The van der Waals surface area contributed by atoms with Crippen LogP contribution in [0.4, 0.5) is 5.69 Å². The molecule has 2 atom stereocenters. The third-order valence-electron chi connectivity index (χ3n) is 7.73. The number of nitrogens with two attached hydrogens (primary N) is 1. The SMILES string of the molecule is CCCC(CCC)CN1CCN(Cc2ccc3c(c2)C(C)(C)CON3C(CC)C(N)=O)CC1C. The number of fused-ring (bicyclic) bond motifs is 1. The summed E-state index contributed by atoms with van der Waals surface area (Å²) < 4.78 is 0. The van der Waals surface area contributed by atoms with Gasteiger partial charge in [-0.2, -0.15) is 0 Å². The number of piperazine rings is 1. The molecule has 1 fully saturated rings. The molecule has 1 saturated heterocycles. The van der Waals surface area contributed by atoms with Crippen molar-refractivity contribution in [2.75, 3.05) is 37.8 Å². The predicted molar refractivity (Wildman–Crippen MR) is 141 cm³/mol. The molecule has 192 valence electrons. The molecule has 2 N–H and O–H groups in total. The van der Waals surface area contributed by atoms with Crippen LogP contribution in [0, 0.1) is 5.92 Å². The van der Waals surface area contributed by atoms with Crippen LogP contribution in [0.5, 0.6) is 0 Å². The van der Waals surface area contributed by atoms with E-state index in [1.54, 1.807) is 5.06 Å². The number of amides is 1. The van der Waals surface area contributed by atoms with Gasteiger partial charge in [0.1, 0.15) is 6.04 Å². The van der Waals surface area contributed by atoms with E-state index in [1.165, 1.54) is 43.4 Å². The van der Waals surface area contributed by atoms with E-state index in [-0.39, 0.29) is 11.3 Å². The summed E-state index contributed by atoms with van der Waals surface area (Å²) >= 11 is 0. The van der Waals surface area contributed by atoms with Gasteiger partial charge in [0.15, 0.2) is 0 Å². The molecule has 1 aromatic rings. The molecule has 1 amide bonds. The Bertz CT molecular complexity index is 806. The van der Waals surface area contributed by atoms with Crippen molar-refractivity contribution < 1.29 is 9.63 Å². The predicted octanol–water partition coefficient (Wildman–Crippen LogP) is 4.70. The summed E-state index contributed by atoms with van der Waals surface area (Å²) in [5.74, 6) is 0.494. The van der Waals surface area contributed by atoms with E-state index in [1.807, 2.05) is 6.92 Å². The molecule has 2 aliphatic heterocycles. The number of anilines is 1. The number of hydrogen-bond donors (Lipinski definition) is 1. The maximum Gasteiger partial charge on any atom is 0.242 e. The summed E-state index contributed by atoms with van der Waals surface area (Å²) in [6.07, 6.45) is 5.89.